The Kier molecular flexibility index (Phi) is 5.22. The van der Waals surface area contributed by atoms with Crippen molar-refractivity contribution >= 4 is 28.8 Å². The van der Waals surface area contributed by atoms with Crippen LogP contribution in [0.15, 0.2) is 29.8 Å². The van der Waals surface area contributed by atoms with E-state index in [0.29, 0.717) is 34.9 Å². The lowest BCUT2D eigenvalue weighted by molar-refractivity contribution is 0.0533. The molecule has 0 aliphatic heterocycles. The molecule has 2 heterocycles. The van der Waals surface area contributed by atoms with Gasteiger partial charge < -0.3 is 4.74 Å². The topological polar surface area (TPSA) is 75.9 Å². The van der Waals surface area contributed by atoms with E-state index in [0.717, 1.165) is 16.0 Å². The van der Waals surface area contributed by atoms with Crippen LogP contribution in [0.25, 0.3) is 22.5 Å². The molecule has 0 atom stereocenters. The number of nitrogens with zero attached hydrogens (tertiary/aromatic N) is 3. The highest BCUT2D eigenvalue weighted by atomic mass is 32.1. The number of benzene rings is 1. The maximum atomic E-state index is 12.4. The first-order chi connectivity index (χ1) is 12.2. The highest BCUT2D eigenvalue weighted by Gasteiger charge is 2.24. The van der Waals surface area contributed by atoms with E-state index in [1.54, 1.807) is 12.4 Å². The first-order valence-electron chi connectivity index (χ1n) is 7.79. The summed E-state index contributed by atoms with van der Waals surface area (Å²) in [6.45, 7) is 4.04. The molecule has 5 nitrogen and oxygen atoms in total. The molecule has 3 rings (SSSR count). The smallest absolute Gasteiger partial charge is 0.348 e. The van der Waals surface area contributed by atoms with Crippen LogP contribution in [0.4, 0.5) is 0 Å². The van der Waals surface area contributed by atoms with Gasteiger partial charge in [-0.2, -0.15) is 9.64 Å². The molecule has 1 aromatic carbocycles. The number of carbonyl (C=O) groups is 1. The third-order valence-corrected chi connectivity index (χ3v) is 5.46. The van der Waals surface area contributed by atoms with E-state index in [-0.39, 0.29) is 5.97 Å². The molecule has 25 heavy (non-hydrogen) atoms. The van der Waals surface area contributed by atoms with E-state index in [9.17, 15) is 10.1 Å². The minimum atomic E-state index is -0.385. The molecule has 7 heteroatoms. The maximum Gasteiger partial charge on any atom is 0.348 e. The number of aryl methyl sites for hydroxylation is 1. The molecule has 126 valence electrons. The minimum absolute atomic E-state index is 0.300. The molecule has 0 spiro atoms. The van der Waals surface area contributed by atoms with Gasteiger partial charge in [-0.05, 0) is 30.4 Å². The van der Waals surface area contributed by atoms with E-state index < -0.39 is 0 Å². The van der Waals surface area contributed by atoms with Gasteiger partial charge in [0.05, 0.1) is 12.2 Å². The first kappa shape index (κ1) is 17.3. The van der Waals surface area contributed by atoms with Gasteiger partial charge in [0, 0.05) is 16.0 Å². The number of carbonyl (C=O) groups excluding carboxylic acids is 1. The summed E-state index contributed by atoms with van der Waals surface area (Å²) in [4.78, 5) is 17.9. The SMILES string of the molecule is CCOC(=O)c1sc(CC)c(C#N)c1-c1ccc(-c2ncsn2)cc1. The van der Waals surface area contributed by atoms with E-state index in [1.165, 1.54) is 22.9 Å². The number of aromatic nitrogens is 2. The van der Waals surface area contributed by atoms with Crippen LogP contribution in [0.5, 0.6) is 0 Å². The van der Waals surface area contributed by atoms with E-state index in [1.807, 2.05) is 31.2 Å². The molecule has 0 saturated carbocycles. The number of esters is 1. The average molecular weight is 369 g/mol. The molecule has 0 amide bonds. The van der Waals surface area contributed by atoms with E-state index >= 15 is 0 Å². The normalized spacial score (nSPS) is 10.4. The summed E-state index contributed by atoms with van der Waals surface area (Å²) in [5.74, 6) is 0.284. The summed E-state index contributed by atoms with van der Waals surface area (Å²) in [6, 6.07) is 9.83. The van der Waals surface area contributed by atoms with Gasteiger partial charge in [-0.3, -0.25) is 0 Å². The fourth-order valence-corrected chi connectivity index (χ4v) is 4.10. The van der Waals surface area contributed by atoms with Crippen LogP contribution in [0.1, 0.15) is 34.0 Å². The van der Waals surface area contributed by atoms with Crippen LogP contribution >= 0.6 is 22.9 Å². The highest BCUT2D eigenvalue weighted by Crippen LogP contribution is 2.38. The molecule has 0 unspecified atom stereocenters. The second kappa shape index (κ2) is 7.55. The van der Waals surface area contributed by atoms with Crippen molar-refractivity contribution in [2.24, 2.45) is 0 Å². The maximum absolute atomic E-state index is 12.4. The zero-order valence-electron chi connectivity index (χ0n) is 13.8. The predicted molar refractivity (Wildman–Crippen MR) is 98.7 cm³/mol. The lowest BCUT2D eigenvalue weighted by Gasteiger charge is -2.06. The molecular formula is C18H15N3O2S2. The van der Waals surface area contributed by atoms with Crippen molar-refractivity contribution in [3.8, 4) is 28.6 Å². The largest absolute Gasteiger partial charge is 0.462 e. The molecule has 0 aliphatic rings. The van der Waals surface area contributed by atoms with Crippen molar-refractivity contribution in [2.75, 3.05) is 6.61 Å². The summed E-state index contributed by atoms with van der Waals surface area (Å²) in [5, 5.41) is 9.61. The van der Waals surface area contributed by atoms with E-state index in [4.69, 9.17) is 4.74 Å². The Morgan fingerprint density at radius 2 is 1.96 bits per heavy atom. The van der Waals surface area contributed by atoms with Crippen molar-refractivity contribution in [2.45, 2.75) is 20.3 Å². The van der Waals surface area contributed by atoms with Crippen molar-refractivity contribution < 1.29 is 9.53 Å². The van der Waals surface area contributed by atoms with Crippen molar-refractivity contribution in [1.29, 1.82) is 5.26 Å². The van der Waals surface area contributed by atoms with E-state index in [2.05, 4.69) is 15.4 Å². The van der Waals surface area contributed by atoms with Crippen LogP contribution in [-0.4, -0.2) is 21.9 Å². The molecule has 0 saturated heterocycles. The lowest BCUT2D eigenvalue weighted by Crippen LogP contribution is -2.04. The van der Waals surface area contributed by atoms with Crippen molar-refractivity contribution in [3.05, 3.63) is 45.1 Å². The van der Waals surface area contributed by atoms with Crippen molar-refractivity contribution in [1.82, 2.24) is 9.36 Å². The Labute approximate surface area is 153 Å². The van der Waals surface area contributed by atoms with Gasteiger partial charge in [0.1, 0.15) is 16.5 Å². The summed E-state index contributed by atoms with van der Waals surface area (Å²) in [5.41, 5.74) is 4.60. The fraction of sp³-hybridized carbons (Fsp3) is 0.222. The Balaban J connectivity index is 2.10. The number of nitriles is 1. The molecule has 0 bridgehead atoms. The zero-order chi connectivity index (χ0) is 17.8. The van der Waals surface area contributed by atoms with Gasteiger partial charge in [-0.15, -0.1) is 11.3 Å². The Morgan fingerprint density at radius 1 is 1.24 bits per heavy atom. The average Bonchev–Trinajstić information content (AvgIpc) is 3.29. The van der Waals surface area contributed by atoms with Gasteiger partial charge >= 0.3 is 5.97 Å². The highest BCUT2D eigenvalue weighted by molar-refractivity contribution is 7.14. The molecule has 0 aliphatic carbocycles. The zero-order valence-corrected chi connectivity index (χ0v) is 15.4. The van der Waals surface area contributed by atoms with Crippen LogP contribution in [-0.2, 0) is 11.2 Å². The third-order valence-electron chi connectivity index (χ3n) is 3.67. The van der Waals surface area contributed by atoms with Crippen LogP contribution in [0, 0.1) is 11.3 Å². The van der Waals surface area contributed by atoms with Crippen molar-refractivity contribution in [3.63, 3.8) is 0 Å². The van der Waals surface area contributed by atoms with Gasteiger partial charge in [0.25, 0.3) is 0 Å². The van der Waals surface area contributed by atoms with Crippen LogP contribution in [0.3, 0.4) is 0 Å². The Hall–Kier alpha value is -2.56. The molecule has 0 fully saturated rings. The number of ether oxygens (including phenoxy) is 1. The predicted octanol–water partition coefficient (Wildman–Crippen LogP) is 4.54. The summed E-state index contributed by atoms with van der Waals surface area (Å²) < 4.78 is 9.39. The van der Waals surface area contributed by atoms with Crippen LogP contribution < -0.4 is 0 Å². The van der Waals surface area contributed by atoms with Gasteiger partial charge in [0.15, 0.2) is 5.82 Å². The quantitative estimate of drug-likeness (QED) is 0.617. The molecule has 0 N–H and O–H groups in total. The van der Waals surface area contributed by atoms with Crippen LogP contribution in [0.2, 0.25) is 0 Å². The molecular weight excluding hydrogens is 354 g/mol. The monoisotopic (exact) mass is 369 g/mol. The lowest BCUT2D eigenvalue weighted by atomic mass is 9.99. The molecule has 3 aromatic rings. The van der Waals surface area contributed by atoms with Gasteiger partial charge in [-0.1, -0.05) is 31.2 Å². The number of hydrogen-bond acceptors (Lipinski definition) is 7. The third kappa shape index (κ3) is 3.31. The first-order valence-corrected chi connectivity index (χ1v) is 9.44. The molecule has 0 radical (unpaired) electrons. The second-order valence-electron chi connectivity index (χ2n) is 5.12. The molecule has 2 aromatic heterocycles. The fourth-order valence-electron chi connectivity index (χ4n) is 2.54. The second-order valence-corrected chi connectivity index (χ2v) is 6.83. The number of hydrogen-bond donors (Lipinski definition) is 0. The standard InChI is InChI=1S/C18H15N3O2S2/c1-3-14-13(9-19)15(16(25-14)18(22)23-4-2)11-5-7-12(8-6-11)17-20-10-24-21-17/h5-8,10H,3-4H2,1-2H3. The Bertz CT molecular complexity index is 923. The minimum Gasteiger partial charge on any atom is -0.462 e. The van der Waals surface area contributed by atoms with Gasteiger partial charge in [0.2, 0.25) is 0 Å². The summed E-state index contributed by atoms with van der Waals surface area (Å²) in [6.07, 6.45) is 0.695. The summed E-state index contributed by atoms with van der Waals surface area (Å²) >= 11 is 2.63. The number of rotatable bonds is 5. The number of thiophene rings is 1. The summed E-state index contributed by atoms with van der Waals surface area (Å²) in [7, 11) is 0. The Morgan fingerprint density at radius 3 is 2.52 bits per heavy atom. The van der Waals surface area contributed by atoms with Gasteiger partial charge in [-0.25, -0.2) is 9.78 Å².